The Kier molecular flexibility index (Phi) is 3.36. The highest BCUT2D eigenvalue weighted by Crippen LogP contribution is 2.40. The molecular weight excluding hydrogens is 244 g/mol. The predicted octanol–water partition coefficient (Wildman–Crippen LogP) is 0.958. The van der Waals surface area contributed by atoms with Crippen LogP contribution in [-0.4, -0.2) is 74.0 Å². The molecule has 110 valence electrons. The van der Waals surface area contributed by atoms with Crippen LogP contribution in [-0.2, 0) is 0 Å². The Bertz CT molecular complexity index is 303. The second kappa shape index (κ2) is 4.65. The second-order valence-electron chi connectivity index (χ2n) is 6.57. The van der Waals surface area contributed by atoms with E-state index in [0.29, 0.717) is 12.2 Å². The Hall–Kier alpha value is -0.240. The van der Waals surface area contributed by atoms with Crippen LogP contribution < -0.4 is 0 Å². The summed E-state index contributed by atoms with van der Waals surface area (Å²) in [6.07, 6.45) is 2.93. The van der Waals surface area contributed by atoms with E-state index in [0.717, 1.165) is 19.3 Å². The summed E-state index contributed by atoms with van der Waals surface area (Å²) in [6.45, 7) is 6.33. The van der Waals surface area contributed by atoms with E-state index in [1.54, 1.807) is 0 Å². The lowest BCUT2D eigenvalue weighted by molar-refractivity contribution is -0.343. The lowest BCUT2D eigenvalue weighted by atomic mass is 9.92. The van der Waals surface area contributed by atoms with Gasteiger partial charge in [0.05, 0.1) is 18.5 Å². The maximum absolute atomic E-state index is 10.4. The molecule has 6 atom stereocenters. The molecule has 0 aromatic carbocycles. The van der Waals surface area contributed by atoms with Gasteiger partial charge in [0.2, 0.25) is 0 Å². The highest BCUT2D eigenvalue weighted by molar-refractivity contribution is 4.99. The Morgan fingerprint density at radius 3 is 1.68 bits per heavy atom. The van der Waals surface area contributed by atoms with Gasteiger partial charge in [-0.05, 0) is 47.1 Å². The van der Waals surface area contributed by atoms with Crippen LogP contribution in [0.5, 0.6) is 0 Å². The molecule has 3 aliphatic heterocycles. The maximum Gasteiger partial charge on any atom is 0.0910 e. The first-order chi connectivity index (χ1) is 8.91. The number of nitrogens with zero attached hydrogens (tertiary/aromatic N) is 4. The van der Waals surface area contributed by atoms with Crippen LogP contribution in [0, 0.1) is 0 Å². The summed E-state index contributed by atoms with van der Waals surface area (Å²) in [5.74, 6) is 0. The van der Waals surface area contributed by atoms with Crippen LogP contribution in [0.4, 0.5) is 0 Å². The molecule has 3 heterocycles. The molecular formula is C13H26N4O2. The first-order valence-corrected chi connectivity index (χ1v) is 7.35. The van der Waals surface area contributed by atoms with Crippen molar-refractivity contribution < 1.29 is 10.4 Å². The summed E-state index contributed by atoms with van der Waals surface area (Å²) in [7, 11) is 2.15. The van der Waals surface area contributed by atoms with Crippen molar-refractivity contribution in [2.24, 2.45) is 0 Å². The Morgan fingerprint density at radius 1 is 0.737 bits per heavy atom. The summed E-state index contributed by atoms with van der Waals surface area (Å²) >= 11 is 0. The maximum atomic E-state index is 10.4. The molecule has 0 aliphatic carbocycles. The molecule has 3 fully saturated rings. The first-order valence-electron chi connectivity index (χ1n) is 7.35. The van der Waals surface area contributed by atoms with Gasteiger partial charge in [-0.25, -0.2) is 0 Å². The van der Waals surface area contributed by atoms with E-state index in [1.807, 2.05) is 6.92 Å². The average molecular weight is 270 g/mol. The van der Waals surface area contributed by atoms with Gasteiger partial charge in [0.1, 0.15) is 0 Å². The summed E-state index contributed by atoms with van der Waals surface area (Å²) in [5.41, 5.74) is 0. The van der Waals surface area contributed by atoms with Crippen LogP contribution in [0.2, 0.25) is 0 Å². The minimum Gasteiger partial charge on any atom is -0.312 e. The third kappa shape index (κ3) is 1.93. The quantitative estimate of drug-likeness (QED) is 0.684. The molecule has 0 radical (unpaired) electrons. The van der Waals surface area contributed by atoms with E-state index in [9.17, 15) is 10.4 Å². The van der Waals surface area contributed by atoms with E-state index in [1.165, 1.54) is 10.1 Å². The average Bonchev–Trinajstić information content (AvgIpc) is 2.37. The zero-order valence-electron chi connectivity index (χ0n) is 12.3. The fourth-order valence-corrected chi connectivity index (χ4v) is 4.01. The third-order valence-corrected chi connectivity index (χ3v) is 5.37. The van der Waals surface area contributed by atoms with Crippen molar-refractivity contribution >= 4 is 0 Å². The zero-order chi connectivity index (χ0) is 13.9. The molecule has 6 unspecified atom stereocenters. The standard InChI is InChI=1S/C13H26N4O2/c1-8-5-12-15-11(14(8)4)6-9(2)16(18)13(15)7-10(3)17(12)19/h8-13,18-19H,5-7H2,1-4H3. The molecule has 0 bridgehead atoms. The molecule has 3 aliphatic rings. The van der Waals surface area contributed by atoms with E-state index in [-0.39, 0.29) is 24.4 Å². The predicted molar refractivity (Wildman–Crippen MR) is 70.5 cm³/mol. The summed E-state index contributed by atoms with van der Waals surface area (Å²) in [4.78, 5) is 4.68. The van der Waals surface area contributed by atoms with Gasteiger partial charge in [-0.2, -0.15) is 10.1 Å². The fourth-order valence-electron chi connectivity index (χ4n) is 4.01. The normalized spacial score (nSPS) is 50.2. The number of hydrogen-bond acceptors (Lipinski definition) is 6. The van der Waals surface area contributed by atoms with E-state index in [4.69, 9.17) is 0 Å². The Morgan fingerprint density at radius 2 is 1.16 bits per heavy atom. The summed E-state index contributed by atoms with van der Waals surface area (Å²) in [6, 6.07) is 0.698. The van der Waals surface area contributed by atoms with Crippen molar-refractivity contribution in [1.29, 1.82) is 0 Å². The van der Waals surface area contributed by atoms with Crippen LogP contribution in [0.25, 0.3) is 0 Å². The van der Waals surface area contributed by atoms with Gasteiger partial charge in [0.15, 0.2) is 0 Å². The van der Waals surface area contributed by atoms with Crippen LogP contribution in [0.3, 0.4) is 0 Å². The molecule has 19 heavy (non-hydrogen) atoms. The molecule has 0 amide bonds. The lowest BCUT2D eigenvalue weighted by Gasteiger charge is -2.62. The lowest BCUT2D eigenvalue weighted by Crippen LogP contribution is -2.76. The molecule has 0 spiro atoms. The number of rotatable bonds is 0. The smallest absolute Gasteiger partial charge is 0.0910 e. The van der Waals surface area contributed by atoms with Crippen LogP contribution in [0.15, 0.2) is 0 Å². The molecule has 2 N–H and O–H groups in total. The van der Waals surface area contributed by atoms with Crippen molar-refractivity contribution in [2.75, 3.05) is 7.05 Å². The third-order valence-electron chi connectivity index (χ3n) is 5.37. The minimum absolute atomic E-state index is 0.0205. The van der Waals surface area contributed by atoms with Crippen molar-refractivity contribution in [3.63, 3.8) is 0 Å². The van der Waals surface area contributed by atoms with Gasteiger partial charge in [0, 0.05) is 18.1 Å². The van der Waals surface area contributed by atoms with Crippen LogP contribution in [0.1, 0.15) is 40.0 Å². The van der Waals surface area contributed by atoms with E-state index >= 15 is 0 Å². The second-order valence-corrected chi connectivity index (χ2v) is 6.57. The van der Waals surface area contributed by atoms with Crippen molar-refractivity contribution in [3.05, 3.63) is 0 Å². The molecule has 6 nitrogen and oxygen atoms in total. The molecule has 3 saturated heterocycles. The fraction of sp³-hybridized carbons (Fsp3) is 1.00. The van der Waals surface area contributed by atoms with Gasteiger partial charge in [-0.1, -0.05) is 0 Å². The van der Waals surface area contributed by atoms with E-state index < -0.39 is 0 Å². The van der Waals surface area contributed by atoms with Gasteiger partial charge >= 0.3 is 0 Å². The monoisotopic (exact) mass is 270 g/mol. The van der Waals surface area contributed by atoms with Crippen molar-refractivity contribution in [1.82, 2.24) is 19.9 Å². The van der Waals surface area contributed by atoms with Crippen molar-refractivity contribution in [2.45, 2.75) is 76.7 Å². The molecule has 0 aromatic rings. The first kappa shape index (κ1) is 13.7. The zero-order valence-corrected chi connectivity index (χ0v) is 12.3. The molecule has 3 rings (SSSR count). The largest absolute Gasteiger partial charge is 0.312 e. The van der Waals surface area contributed by atoms with Gasteiger partial charge in [0.25, 0.3) is 0 Å². The number of hydroxylamine groups is 4. The van der Waals surface area contributed by atoms with Gasteiger partial charge < -0.3 is 10.4 Å². The van der Waals surface area contributed by atoms with Crippen molar-refractivity contribution in [3.8, 4) is 0 Å². The topological polar surface area (TPSA) is 53.4 Å². The van der Waals surface area contributed by atoms with Gasteiger partial charge in [-0.3, -0.25) is 9.80 Å². The van der Waals surface area contributed by atoms with Crippen LogP contribution >= 0.6 is 0 Å². The highest BCUT2D eigenvalue weighted by Gasteiger charge is 2.53. The SMILES string of the molecule is CC1CC2N(O)C(C)CC3N(O)C(C)CC(N1C)N23. The Labute approximate surface area is 115 Å². The molecule has 0 saturated carbocycles. The van der Waals surface area contributed by atoms with Gasteiger partial charge in [-0.15, -0.1) is 0 Å². The summed E-state index contributed by atoms with van der Waals surface area (Å²) < 4.78 is 0. The number of hydrogen-bond donors (Lipinski definition) is 2. The Balaban J connectivity index is 1.95. The molecule has 0 aromatic heterocycles. The summed E-state index contributed by atoms with van der Waals surface area (Å²) in [5, 5.41) is 23.7. The molecule has 6 heteroatoms. The minimum atomic E-state index is 0.0205. The van der Waals surface area contributed by atoms with E-state index in [2.05, 4.69) is 30.7 Å². The highest BCUT2D eigenvalue weighted by atomic mass is 16.5.